The molecule has 4 aromatic rings. The van der Waals surface area contributed by atoms with E-state index in [1.54, 1.807) is 24.6 Å². The molecule has 0 aliphatic heterocycles. The Balaban J connectivity index is 1.50. The smallest absolute Gasteiger partial charge is 0.210 e. The zero-order valence-electron chi connectivity index (χ0n) is 14.4. The Labute approximate surface area is 164 Å². The number of hydrogen-bond donors (Lipinski definition) is 1. The minimum Gasteiger partial charge on any atom is -0.496 e. The van der Waals surface area contributed by atoms with Crippen molar-refractivity contribution in [2.24, 2.45) is 0 Å². The molecule has 0 unspecified atom stereocenters. The average Bonchev–Trinajstić information content (AvgIpc) is 3.34. The van der Waals surface area contributed by atoms with Gasteiger partial charge in [-0.3, -0.25) is 4.98 Å². The standard InChI is InChI=1S/C18H16N6OS2/c1-25-15-8-3-2-6-13(15)16-22-23-18(24(16)19)27-11-12-10-26-17(21-12)14-7-4-5-9-20-14/h2-10H,11,19H2,1H3. The van der Waals surface area contributed by atoms with E-state index >= 15 is 0 Å². The van der Waals surface area contributed by atoms with E-state index in [2.05, 4.69) is 20.2 Å². The number of para-hydroxylation sites is 1. The van der Waals surface area contributed by atoms with Crippen LogP contribution in [0.1, 0.15) is 5.69 Å². The fraction of sp³-hybridized carbons (Fsp3) is 0.111. The highest BCUT2D eigenvalue weighted by Gasteiger charge is 2.16. The topological polar surface area (TPSA) is 91.7 Å². The summed E-state index contributed by atoms with van der Waals surface area (Å²) in [5.41, 5.74) is 2.62. The highest BCUT2D eigenvalue weighted by atomic mass is 32.2. The van der Waals surface area contributed by atoms with E-state index in [0.29, 0.717) is 22.5 Å². The van der Waals surface area contributed by atoms with Gasteiger partial charge in [-0.1, -0.05) is 30.0 Å². The van der Waals surface area contributed by atoms with Crippen LogP contribution in [0, 0.1) is 0 Å². The molecule has 0 aliphatic carbocycles. The lowest BCUT2D eigenvalue weighted by atomic mass is 10.2. The number of rotatable bonds is 6. The predicted octanol–water partition coefficient (Wildman–Crippen LogP) is 3.48. The molecule has 27 heavy (non-hydrogen) atoms. The molecule has 0 aliphatic rings. The first kappa shape index (κ1) is 17.5. The minimum atomic E-state index is 0.558. The molecular formula is C18H16N6OS2. The molecular weight excluding hydrogens is 380 g/mol. The first-order valence-corrected chi connectivity index (χ1v) is 9.95. The van der Waals surface area contributed by atoms with Crippen molar-refractivity contribution in [3.05, 3.63) is 59.7 Å². The number of aromatic nitrogens is 5. The Morgan fingerprint density at radius 2 is 2.00 bits per heavy atom. The molecule has 0 radical (unpaired) electrons. The molecule has 0 spiro atoms. The normalized spacial score (nSPS) is 10.9. The van der Waals surface area contributed by atoms with Gasteiger partial charge < -0.3 is 10.6 Å². The molecule has 0 saturated heterocycles. The number of nitrogens with zero attached hydrogens (tertiary/aromatic N) is 5. The molecule has 1 aromatic carbocycles. The van der Waals surface area contributed by atoms with Crippen LogP contribution in [0.4, 0.5) is 0 Å². The number of ether oxygens (including phenoxy) is 1. The molecule has 0 bridgehead atoms. The number of thioether (sulfide) groups is 1. The van der Waals surface area contributed by atoms with Gasteiger partial charge in [0.15, 0.2) is 5.82 Å². The van der Waals surface area contributed by atoms with Crippen molar-refractivity contribution >= 4 is 23.1 Å². The van der Waals surface area contributed by atoms with Gasteiger partial charge >= 0.3 is 0 Å². The SMILES string of the molecule is COc1ccccc1-c1nnc(SCc2csc(-c3ccccn3)n2)n1N. The van der Waals surface area contributed by atoms with Crippen molar-refractivity contribution in [3.63, 3.8) is 0 Å². The second-order valence-electron chi connectivity index (χ2n) is 5.52. The van der Waals surface area contributed by atoms with Crippen molar-refractivity contribution in [2.45, 2.75) is 10.9 Å². The molecule has 0 saturated carbocycles. The molecule has 9 heteroatoms. The maximum Gasteiger partial charge on any atom is 0.210 e. The van der Waals surface area contributed by atoms with Gasteiger partial charge in [0, 0.05) is 17.3 Å². The number of thiazole rings is 1. The largest absolute Gasteiger partial charge is 0.496 e. The third kappa shape index (κ3) is 3.64. The van der Waals surface area contributed by atoms with Crippen LogP contribution in [0.15, 0.2) is 59.2 Å². The van der Waals surface area contributed by atoms with Crippen LogP contribution in [-0.4, -0.2) is 32.0 Å². The van der Waals surface area contributed by atoms with Gasteiger partial charge in [-0.15, -0.1) is 21.5 Å². The first-order valence-electron chi connectivity index (χ1n) is 8.08. The van der Waals surface area contributed by atoms with Gasteiger partial charge in [0.05, 0.1) is 24.1 Å². The summed E-state index contributed by atoms with van der Waals surface area (Å²) < 4.78 is 6.86. The number of pyridine rings is 1. The number of methoxy groups -OCH3 is 1. The average molecular weight is 397 g/mol. The maximum atomic E-state index is 6.21. The summed E-state index contributed by atoms with van der Waals surface area (Å²) in [5, 5.41) is 12.0. The number of hydrogen-bond acceptors (Lipinski definition) is 8. The van der Waals surface area contributed by atoms with Crippen molar-refractivity contribution in [1.82, 2.24) is 24.8 Å². The predicted molar refractivity (Wildman–Crippen MR) is 107 cm³/mol. The Bertz CT molecular complexity index is 1050. The molecule has 3 heterocycles. The van der Waals surface area contributed by atoms with E-state index in [-0.39, 0.29) is 0 Å². The number of nitrogens with two attached hydrogens (primary N) is 1. The lowest BCUT2D eigenvalue weighted by Crippen LogP contribution is -2.12. The second-order valence-corrected chi connectivity index (χ2v) is 7.32. The summed E-state index contributed by atoms with van der Waals surface area (Å²) in [4.78, 5) is 8.97. The van der Waals surface area contributed by atoms with Crippen LogP contribution < -0.4 is 10.6 Å². The van der Waals surface area contributed by atoms with E-state index in [9.17, 15) is 0 Å². The Kier molecular flexibility index (Phi) is 5.03. The van der Waals surface area contributed by atoms with Crippen LogP contribution in [0.5, 0.6) is 5.75 Å². The van der Waals surface area contributed by atoms with E-state index < -0.39 is 0 Å². The first-order chi connectivity index (χ1) is 13.3. The molecule has 136 valence electrons. The molecule has 2 N–H and O–H groups in total. The van der Waals surface area contributed by atoms with Gasteiger partial charge in [-0.2, -0.15) is 0 Å². The highest BCUT2D eigenvalue weighted by Crippen LogP contribution is 2.31. The zero-order chi connectivity index (χ0) is 18.6. The van der Waals surface area contributed by atoms with Crippen molar-refractivity contribution in [2.75, 3.05) is 13.0 Å². The maximum absolute atomic E-state index is 6.21. The fourth-order valence-electron chi connectivity index (χ4n) is 2.51. The van der Waals surface area contributed by atoms with Gasteiger partial charge in [-0.25, -0.2) is 9.66 Å². The fourth-order valence-corrected chi connectivity index (χ4v) is 4.16. The summed E-state index contributed by atoms with van der Waals surface area (Å²) in [7, 11) is 1.62. The lowest BCUT2D eigenvalue weighted by molar-refractivity contribution is 0.416. The van der Waals surface area contributed by atoms with Gasteiger partial charge in [0.25, 0.3) is 0 Å². The van der Waals surface area contributed by atoms with Gasteiger partial charge in [-0.05, 0) is 24.3 Å². The summed E-state index contributed by atoms with van der Waals surface area (Å²) in [6.07, 6.45) is 1.77. The molecule has 0 atom stereocenters. The van der Waals surface area contributed by atoms with Crippen LogP contribution in [-0.2, 0) is 5.75 Å². The third-order valence-electron chi connectivity index (χ3n) is 3.80. The van der Waals surface area contributed by atoms with Crippen LogP contribution in [0.3, 0.4) is 0 Å². The minimum absolute atomic E-state index is 0.558. The van der Waals surface area contributed by atoms with E-state index in [0.717, 1.165) is 22.0 Å². The lowest BCUT2D eigenvalue weighted by Gasteiger charge is -2.07. The summed E-state index contributed by atoms with van der Waals surface area (Å²) in [5.74, 6) is 8.11. The molecule has 0 fully saturated rings. The number of nitrogen functional groups attached to an aromatic ring is 1. The molecule has 4 rings (SSSR count). The quantitative estimate of drug-likeness (QED) is 0.394. The van der Waals surface area contributed by atoms with Crippen LogP contribution >= 0.6 is 23.1 Å². The highest BCUT2D eigenvalue weighted by molar-refractivity contribution is 7.98. The van der Waals surface area contributed by atoms with Crippen molar-refractivity contribution in [3.8, 4) is 27.8 Å². The summed E-state index contributed by atoms with van der Waals surface area (Å²) >= 11 is 3.06. The van der Waals surface area contributed by atoms with E-state index in [1.165, 1.54) is 16.4 Å². The monoisotopic (exact) mass is 396 g/mol. The molecule has 0 amide bonds. The van der Waals surface area contributed by atoms with Crippen molar-refractivity contribution in [1.29, 1.82) is 0 Å². The van der Waals surface area contributed by atoms with Crippen LogP contribution in [0.2, 0.25) is 0 Å². The van der Waals surface area contributed by atoms with Gasteiger partial charge in [0.2, 0.25) is 5.16 Å². The molecule has 3 aromatic heterocycles. The Morgan fingerprint density at radius 3 is 2.81 bits per heavy atom. The second kappa shape index (κ2) is 7.77. The summed E-state index contributed by atoms with van der Waals surface area (Å²) in [6, 6.07) is 13.4. The van der Waals surface area contributed by atoms with E-state index in [4.69, 9.17) is 10.6 Å². The van der Waals surface area contributed by atoms with Gasteiger partial charge in [0.1, 0.15) is 10.8 Å². The number of benzene rings is 1. The van der Waals surface area contributed by atoms with E-state index in [1.807, 2.05) is 47.8 Å². The Hall–Kier alpha value is -2.91. The van der Waals surface area contributed by atoms with Crippen molar-refractivity contribution < 1.29 is 4.74 Å². The zero-order valence-corrected chi connectivity index (χ0v) is 16.1. The summed E-state index contributed by atoms with van der Waals surface area (Å²) in [6.45, 7) is 0. The Morgan fingerprint density at radius 1 is 1.15 bits per heavy atom. The third-order valence-corrected chi connectivity index (χ3v) is 5.69. The molecule has 7 nitrogen and oxygen atoms in total. The van der Waals surface area contributed by atoms with Crippen LogP contribution in [0.25, 0.3) is 22.1 Å².